The Morgan fingerprint density at radius 1 is 0.947 bits per heavy atom. The van der Waals surface area contributed by atoms with E-state index in [1.807, 2.05) is 0 Å². The van der Waals surface area contributed by atoms with Crippen molar-refractivity contribution < 1.29 is 0 Å². The number of piperidine rings is 1. The van der Waals surface area contributed by atoms with Gasteiger partial charge in [-0.15, -0.1) is 0 Å². The molecule has 0 aromatic heterocycles. The van der Waals surface area contributed by atoms with Crippen LogP contribution in [0.1, 0.15) is 72.6 Å². The summed E-state index contributed by atoms with van der Waals surface area (Å²) in [5.41, 5.74) is 0. The Hall–Kier alpha value is -0.530. The molecule has 1 aliphatic carbocycles. The van der Waals surface area contributed by atoms with E-state index in [0.717, 1.165) is 11.8 Å². The molecule has 19 heavy (non-hydrogen) atoms. The van der Waals surface area contributed by atoms with Gasteiger partial charge in [-0.25, -0.2) is 0 Å². The number of amidine groups is 1. The van der Waals surface area contributed by atoms with Gasteiger partial charge in [0.1, 0.15) is 5.84 Å². The van der Waals surface area contributed by atoms with Gasteiger partial charge in [-0.3, -0.25) is 4.99 Å². The minimum atomic E-state index is 0.431. The number of hydrogen-bond acceptors (Lipinski definition) is 1. The zero-order valence-corrected chi connectivity index (χ0v) is 13.4. The summed E-state index contributed by atoms with van der Waals surface area (Å²) in [6.45, 7) is 10.3. The summed E-state index contributed by atoms with van der Waals surface area (Å²) in [5.74, 6) is 3.11. The van der Waals surface area contributed by atoms with Crippen molar-refractivity contribution in [3.05, 3.63) is 0 Å². The van der Waals surface area contributed by atoms with Gasteiger partial charge in [0.15, 0.2) is 0 Å². The molecule has 1 saturated carbocycles. The van der Waals surface area contributed by atoms with Gasteiger partial charge in [-0.05, 0) is 52.9 Å². The van der Waals surface area contributed by atoms with Crippen molar-refractivity contribution in [2.24, 2.45) is 16.8 Å². The maximum absolute atomic E-state index is 5.04. The Labute approximate surface area is 119 Å². The van der Waals surface area contributed by atoms with Crippen molar-refractivity contribution in [3.63, 3.8) is 0 Å². The van der Waals surface area contributed by atoms with E-state index in [2.05, 4.69) is 32.6 Å². The molecule has 0 radical (unpaired) electrons. The first-order chi connectivity index (χ1) is 9.09. The lowest BCUT2D eigenvalue weighted by Crippen LogP contribution is -2.49. The molecule has 2 aliphatic rings. The van der Waals surface area contributed by atoms with E-state index in [1.54, 1.807) is 0 Å². The van der Waals surface area contributed by atoms with Gasteiger partial charge in [0.05, 0.1) is 0 Å². The van der Waals surface area contributed by atoms with Gasteiger partial charge >= 0.3 is 0 Å². The standard InChI is InChI=1S/C17H32N2/c1-13(2)18-17-16-10-8-6-5-7-9-15(16)11-12-19(17)14(3)4/h13-16H,5-12H2,1-4H3. The molecule has 0 bridgehead atoms. The first-order valence-corrected chi connectivity index (χ1v) is 8.44. The van der Waals surface area contributed by atoms with E-state index in [0.29, 0.717) is 12.1 Å². The quantitative estimate of drug-likeness (QED) is 0.717. The maximum atomic E-state index is 5.04. The molecule has 0 aromatic carbocycles. The van der Waals surface area contributed by atoms with E-state index < -0.39 is 0 Å². The third-order valence-corrected chi connectivity index (χ3v) is 4.79. The van der Waals surface area contributed by atoms with Crippen LogP contribution in [0.2, 0.25) is 0 Å². The van der Waals surface area contributed by atoms with Crippen LogP contribution in [0.5, 0.6) is 0 Å². The number of rotatable bonds is 2. The molecule has 2 heteroatoms. The Morgan fingerprint density at radius 3 is 2.26 bits per heavy atom. The molecular weight excluding hydrogens is 232 g/mol. The molecule has 1 aliphatic heterocycles. The molecular formula is C17H32N2. The average Bonchev–Trinajstić information content (AvgIpc) is 2.29. The number of aliphatic imine (C=N–C) groups is 1. The third-order valence-electron chi connectivity index (χ3n) is 4.79. The number of fused-ring (bicyclic) bond motifs is 1. The van der Waals surface area contributed by atoms with E-state index in [9.17, 15) is 0 Å². The van der Waals surface area contributed by atoms with E-state index >= 15 is 0 Å². The highest BCUT2D eigenvalue weighted by molar-refractivity contribution is 5.86. The maximum Gasteiger partial charge on any atom is 0.103 e. The second-order valence-electron chi connectivity index (χ2n) is 7.02. The molecule has 1 heterocycles. The lowest BCUT2D eigenvalue weighted by molar-refractivity contribution is 0.196. The zero-order valence-electron chi connectivity index (χ0n) is 13.4. The van der Waals surface area contributed by atoms with Crippen molar-refractivity contribution in [1.82, 2.24) is 4.90 Å². The zero-order chi connectivity index (χ0) is 13.8. The van der Waals surface area contributed by atoms with Crippen molar-refractivity contribution in [2.75, 3.05) is 6.54 Å². The predicted octanol–water partition coefficient (Wildman–Crippen LogP) is 4.49. The van der Waals surface area contributed by atoms with Crippen LogP contribution >= 0.6 is 0 Å². The smallest absolute Gasteiger partial charge is 0.103 e. The number of nitrogens with zero attached hydrogens (tertiary/aromatic N) is 2. The van der Waals surface area contributed by atoms with Gasteiger partial charge in [0, 0.05) is 24.5 Å². The Kier molecular flexibility index (Phi) is 5.29. The van der Waals surface area contributed by atoms with Crippen LogP contribution in [0.4, 0.5) is 0 Å². The molecule has 110 valence electrons. The normalized spacial score (nSPS) is 31.5. The van der Waals surface area contributed by atoms with Crippen LogP contribution in [0.25, 0.3) is 0 Å². The molecule has 0 aromatic rings. The van der Waals surface area contributed by atoms with Gasteiger partial charge in [-0.1, -0.05) is 25.7 Å². The number of hydrogen-bond donors (Lipinski definition) is 0. The van der Waals surface area contributed by atoms with E-state index in [-0.39, 0.29) is 0 Å². The molecule has 0 spiro atoms. The van der Waals surface area contributed by atoms with Gasteiger partial charge in [0.25, 0.3) is 0 Å². The fraction of sp³-hybridized carbons (Fsp3) is 0.941. The minimum absolute atomic E-state index is 0.431. The summed E-state index contributed by atoms with van der Waals surface area (Å²) in [4.78, 5) is 7.62. The fourth-order valence-corrected chi connectivity index (χ4v) is 3.84. The highest BCUT2D eigenvalue weighted by atomic mass is 15.2. The molecule has 1 saturated heterocycles. The lowest BCUT2D eigenvalue weighted by Gasteiger charge is -2.44. The fourth-order valence-electron chi connectivity index (χ4n) is 3.84. The summed E-state index contributed by atoms with van der Waals surface area (Å²) in [6, 6.07) is 1.03. The molecule has 0 amide bonds. The third kappa shape index (κ3) is 3.73. The Balaban J connectivity index is 2.21. The summed E-state index contributed by atoms with van der Waals surface area (Å²) in [5, 5.41) is 0. The van der Waals surface area contributed by atoms with Crippen LogP contribution in [-0.4, -0.2) is 29.4 Å². The minimum Gasteiger partial charge on any atom is -0.358 e. The van der Waals surface area contributed by atoms with E-state index in [1.165, 1.54) is 57.3 Å². The first-order valence-electron chi connectivity index (χ1n) is 8.44. The van der Waals surface area contributed by atoms with E-state index in [4.69, 9.17) is 4.99 Å². The molecule has 2 atom stereocenters. The van der Waals surface area contributed by atoms with Crippen LogP contribution in [0.15, 0.2) is 4.99 Å². The lowest BCUT2D eigenvalue weighted by atomic mass is 9.76. The van der Waals surface area contributed by atoms with Crippen LogP contribution < -0.4 is 0 Å². The van der Waals surface area contributed by atoms with Crippen LogP contribution in [0.3, 0.4) is 0 Å². The largest absolute Gasteiger partial charge is 0.358 e. The SMILES string of the molecule is CC(C)N=C1C2CCCCCCC2CCN1C(C)C. The van der Waals surface area contributed by atoms with Crippen molar-refractivity contribution in [3.8, 4) is 0 Å². The van der Waals surface area contributed by atoms with Crippen LogP contribution in [0, 0.1) is 11.8 Å². The molecule has 2 unspecified atom stereocenters. The summed E-state index contributed by atoms with van der Waals surface area (Å²) >= 11 is 0. The molecule has 2 rings (SSSR count). The summed E-state index contributed by atoms with van der Waals surface area (Å²) in [6.07, 6.45) is 9.93. The van der Waals surface area contributed by atoms with Crippen molar-refractivity contribution in [1.29, 1.82) is 0 Å². The van der Waals surface area contributed by atoms with Crippen molar-refractivity contribution in [2.45, 2.75) is 84.7 Å². The summed E-state index contributed by atoms with van der Waals surface area (Å²) < 4.78 is 0. The number of likely N-dealkylation sites (tertiary alicyclic amines) is 1. The Morgan fingerprint density at radius 2 is 1.63 bits per heavy atom. The Bertz CT molecular complexity index is 306. The highest BCUT2D eigenvalue weighted by Gasteiger charge is 2.35. The average molecular weight is 264 g/mol. The van der Waals surface area contributed by atoms with Gasteiger partial charge in [-0.2, -0.15) is 0 Å². The second kappa shape index (κ2) is 6.76. The molecule has 0 N–H and O–H groups in total. The highest BCUT2D eigenvalue weighted by Crippen LogP contribution is 2.36. The second-order valence-corrected chi connectivity index (χ2v) is 7.02. The first kappa shape index (κ1) is 14.9. The topological polar surface area (TPSA) is 15.6 Å². The predicted molar refractivity (Wildman–Crippen MR) is 83.7 cm³/mol. The monoisotopic (exact) mass is 264 g/mol. The van der Waals surface area contributed by atoms with Gasteiger partial charge < -0.3 is 4.90 Å². The molecule has 2 fully saturated rings. The molecule has 2 nitrogen and oxygen atoms in total. The van der Waals surface area contributed by atoms with Gasteiger partial charge in [0.2, 0.25) is 0 Å². The van der Waals surface area contributed by atoms with Crippen molar-refractivity contribution >= 4 is 5.84 Å². The summed E-state index contributed by atoms with van der Waals surface area (Å²) in [7, 11) is 0. The van der Waals surface area contributed by atoms with Crippen LogP contribution in [-0.2, 0) is 0 Å².